The Kier molecular flexibility index (Phi) is 4.60. The van der Waals surface area contributed by atoms with E-state index in [2.05, 4.69) is 20.5 Å². The number of anilines is 1. The monoisotopic (exact) mass is 291 g/mol. The van der Waals surface area contributed by atoms with Crippen LogP contribution in [0.4, 0.5) is 5.95 Å². The minimum Gasteiger partial charge on any atom is -0.493 e. The minimum absolute atomic E-state index is 0.141. The van der Waals surface area contributed by atoms with Crippen molar-refractivity contribution >= 4 is 11.9 Å². The van der Waals surface area contributed by atoms with E-state index in [0.29, 0.717) is 29.5 Å². The molecule has 0 aliphatic heterocycles. The van der Waals surface area contributed by atoms with Gasteiger partial charge in [-0.25, -0.2) is 0 Å². The molecule has 0 radical (unpaired) electrons. The number of ether oxygens (including phenoxy) is 2. The number of carbonyl (C=O) groups excluding carboxylic acids is 1. The number of rotatable bonds is 6. The van der Waals surface area contributed by atoms with Gasteiger partial charge in [0, 0.05) is 5.56 Å². The summed E-state index contributed by atoms with van der Waals surface area (Å²) in [6.07, 6.45) is 0. The van der Waals surface area contributed by atoms with Crippen molar-refractivity contribution in [1.82, 2.24) is 20.5 Å². The summed E-state index contributed by atoms with van der Waals surface area (Å²) < 4.78 is 10.6. The fraction of sp³-hybridized carbons (Fsp3) is 0.308. The molecule has 8 heteroatoms. The van der Waals surface area contributed by atoms with E-state index in [1.54, 1.807) is 18.2 Å². The highest BCUT2D eigenvalue weighted by Crippen LogP contribution is 2.27. The zero-order valence-electron chi connectivity index (χ0n) is 11.8. The summed E-state index contributed by atoms with van der Waals surface area (Å²) in [6, 6.07) is 4.98. The Morgan fingerprint density at radius 2 is 2.24 bits per heavy atom. The Labute approximate surface area is 121 Å². The molecule has 21 heavy (non-hydrogen) atoms. The van der Waals surface area contributed by atoms with E-state index in [4.69, 9.17) is 15.2 Å². The summed E-state index contributed by atoms with van der Waals surface area (Å²) in [6.45, 7) is 2.61. The lowest BCUT2D eigenvalue weighted by Gasteiger charge is -2.10. The molecule has 0 saturated heterocycles. The molecule has 2 rings (SSSR count). The predicted octanol–water partition coefficient (Wildman–Crippen LogP) is 0.724. The van der Waals surface area contributed by atoms with Gasteiger partial charge in [0.1, 0.15) is 5.82 Å². The summed E-state index contributed by atoms with van der Waals surface area (Å²) >= 11 is 0. The van der Waals surface area contributed by atoms with Gasteiger partial charge in [-0.05, 0) is 25.1 Å². The second-order valence-electron chi connectivity index (χ2n) is 4.12. The molecule has 112 valence electrons. The first-order valence-corrected chi connectivity index (χ1v) is 6.39. The van der Waals surface area contributed by atoms with Gasteiger partial charge >= 0.3 is 0 Å². The van der Waals surface area contributed by atoms with Gasteiger partial charge in [0.05, 0.1) is 20.3 Å². The first kappa shape index (κ1) is 14.6. The van der Waals surface area contributed by atoms with Crippen molar-refractivity contribution in [3.8, 4) is 11.5 Å². The number of H-pyrrole nitrogens is 1. The molecular formula is C13H17N5O3. The predicted molar refractivity (Wildman–Crippen MR) is 76.1 cm³/mol. The zero-order valence-corrected chi connectivity index (χ0v) is 11.8. The van der Waals surface area contributed by atoms with Gasteiger partial charge in [-0.3, -0.25) is 9.89 Å². The van der Waals surface area contributed by atoms with Crippen LogP contribution in [0.5, 0.6) is 11.5 Å². The standard InChI is InChI=1S/C13H17N5O3/c1-3-21-9-5-4-8(6-10(9)20-2)12(19)15-7-11-16-13(14)18-17-11/h4-6H,3,7H2,1-2H3,(H,15,19)(H3,14,16,17,18). The van der Waals surface area contributed by atoms with Crippen molar-refractivity contribution in [2.45, 2.75) is 13.5 Å². The summed E-state index contributed by atoms with van der Waals surface area (Å²) in [5.74, 6) is 1.47. The number of aromatic nitrogens is 3. The number of methoxy groups -OCH3 is 1. The highest BCUT2D eigenvalue weighted by Gasteiger charge is 2.11. The Morgan fingerprint density at radius 3 is 2.86 bits per heavy atom. The van der Waals surface area contributed by atoms with Gasteiger partial charge in [-0.15, -0.1) is 5.10 Å². The average Bonchev–Trinajstić information content (AvgIpc) is 2.91. The number of nitrogens with zero attached hydrogens (tertiary/aromatic N) is 2. The van der Waals surface area contributed by atoms with Crippen LogP contribution < -0.4 is 20.5 Å². The number of benzene rings is 1. The Balaban J connectivity index is 2.04. The van der Waals surface area contributed by atoms with E-state index in [-0.39, 0.29) is 18.4 Å². The first-order chi connectivity index (χ1) is 10.1. The number of aromatic amines is 1. The normalized spacial score (nSPS) is 10.2. The third-order valence-electron chi connectivity index (χ3n) is 2.69. The van der Waals surface area contributed by atoms with Crippen LogP contribution >= 0.6 is 0 Å². The average molecular weight is 291 g/mol. The molecule has 0 saturated carbocycles. The van der Waals surface area contributed by atoms with Crippen LogP contribution in [0, 0.1) is 0 Å². The van der Waals surface area contributed by atoms with E-state index in [9.17, 15) is 4.79 Å². The molecule has 0 fully saturated rings. The Morgan fingerprint density at radius 1 is 1.43 bits per heavy atom. The third kappa shape index (κ3) is 3.62. The van der Waals surface area contributed by atoms with Crippen molar-refractivity contribution in [3.63, 3.8) is 0 Å². The lowest BCUT2D eigenvalue weighted by atomic mass is 10.2. The maximum absolute atomic E-state index is 12.1. The smallest absolute Gasteiger partial charge is 0.251 e. The van der Waals surface area contributed by atoms with Crippen LogP contribution in [0.15, 0.2) is 18.2 Å². The molecule has 0 aliphatic rings. The number of amides is 1. The lowest BCUT2D eigenvalue weighted by molar-refractivity contribution is 0.0949. The topological polar surface area (TPSA) is 115 Å². The fourth-order valence-corrected chi connectivity index (χ4v) is 1.74. The minimum atomic E-state index is -0.258. The van der Waals surface area contributed by atoms with Gasteiger partial charge in [0.2, 0.25) is 5.95 Å². The van der Waals surface area contributed by atoms with E-state index in [0.717, 1.165) is 0 Å². The molecule has 0 atom stereocenters. The van der Waals surface area contributed by atoms with Gasteiger partial charge in [0.25, 0.3) is 5.91 Å². The van der Waals surface area contributed by atoms with E-state index in [1.165, 1.54) is 7.11 Å². The first-order valence-electron chi connectivity index (χ1n) is 6.39. The van der Waals surface area contributed by atoms with Crippen LogP contribution in [0.1, 0.15) is 23.1 Å². The molecular weight excluding hydrogens is 274 g/mol. The zero-order chi connectivity index (χ0) is 15.2. The van der Waals surface area contributed by atoms with E-state index >= 15 is 0 Å². The maximum atomic E-state index is 12.1. The summed E-state index contributed by atoms with van der Waals surface area (Å²) in [7, 11) is 1.52. The van der Waals surface area contributed by atoms with E-state index < -0.39 is 0 Å². The molecule has 2 aromatic rings. The summed E-state index contributed by atoms with van der Waals surface area (Å²) in [4.78, 5) is 16.0. The molecule has 1 heterocycles. The molecule has 1 aromatic carbocycles. The maximum Gasteiger partial charge on any atom is 0.251 e. The molecule has 1 amide bonds. The highest BCUT2D eigenvalue weighted by molar-refractivity contribution is 5.94. The lowest BCUT2D eigenvalue weighted by Crippen LogP contribution is -2.23. The van der Waals surface area contributed by atoms with Crippen molar-refractivity contribution in [2.24, 2.45) is 0 Å². The van der Waals surface area contributed by atoms with Crippen molar-refractivity contribution in [1.29, 1.82) is 0 Å². The van der Waals surface area contributed by atoms with Crippen LogP contribution in [-0.4, -0.2) is 34.8 Å². The number of hydrogen-bond donors (Lipinski definition) is 3. The number of nitrogens with two attached hydrogens (primary N) is 1. The van der Waals surface area contributed by atoms with E-state index in [1.807, 2.05) is 6.92 Å². The molecule has 0 unspecified atom stereocenters. The third-order valence-corrected chi connectivity index (χ3v) is 2.69. The number of nitrogens with one attached hydrogen (secondary N) is 2. The molecule has 0 spiro atoms. The second kappa shape index (κ2) is 6.60. The van der Waals surface area contributed by atoms with Crippen molar-refractivity contribution in [2.75, 3.05) is 19.5 Å². The number of hydrogen-bond acceptors (Lipinski definition) is 6. The van der Waals surface area contributed by atoms with Crippen LogP contribution in [-0.2, 0) is 6.54 Å². The van der Waals surface area contributed by atoms with Crippen molar-refractivity contribution in [3.05, 3.63) is 29.6 Å². The molecule has 0 aliphatic carbocycles. The van der Waals surface area contributed by atoms with Gasteiger partial charge in [0.15, 0.2) is 11.5 Å². The Bertz CT molecular complexity index is 626. The van der Waals surface area contributed by atoms with Crippen LogP contribution in [0.25, 0.3) is 0 Å². The molecule has 0 bridgehead atoms. The Hall–Kier alpha value is -2.77. The van der Waals surface area contributed by atoms with Gasteiger partial charge < -0.3 is 20.5 Å². The largest absolute Gasteiger partial charge is 0.493 e. The molecule has 1 aromatic heterocycles. The van der Waals surface area contributed by atoms with Crippen molar-refractivity contribution < 1.29 is 14.3 Å². The highest BCUT2D eigenvalue weighted by atomic mass is 16.5. The fourth-order valence-electron chi connectivity index (χ4n) is 1.74. The van der Waals surface area contributed by atoms with Crippen LogP contribution in [0.3, 0.4) is 0 Å². The number of carbonyl (C=O) groups is 1. The number of nitrogen functional groups attached to an aromatic ring is 1. The molecule has 8 nitrogen and oxygen atoms in total. The quantitative estimate of drug-likeness (QED) is 0.722. The van der Waals surface area contributed by atoms with Gasteiger partial charge in [-0.2, -0.15) is 4.98 Å². The second-order valence-corrected chi connectivity index (χ2v) is 4.12. The van der Waals surface area contributed by atoms with Gasteiger partial charge in [-0.1, -0.05) is 0 Å². The summed E-state index contributed by atoms with van der Waals surface area (Å²) in [5.41, 5.74) is 5.84. The molecule has 4 N–H and O–H groups in total. The van der Waals surface area contributed by atoms with Crippen LogP contribution in [0.2, 0.25) is 0 Å². The SMILES string of the molecule is CCOc1ccc(C(=O)NCc2nc(N)n[nH]2)cc1OC. The summed E-state index contributed by atoms with van der Waals surface area (Å²) in [5, 5.41) is 9.00.